The van der Waals surface area contributed by atoms with Crippen molar-refractivity contribution >= 4 is 29.1 Å². The Balaban J connectivity index is 2.12. The summed E-state index contributed by atoms with van der Waals surface area (Å²) in [5.41, 5.74) is 0.385. The fourth-order valence-electron chi connectivity index (χ4n) is 2.14. The van der Waals surface area contributed by atoms with E-state index in [9.17, 15) is 4.79 Å². The maximum atomic E-state index is 11.9. The van der Waals surface area contributed by atoms with Crippen LogP contribution in [-0.4, -0.2) is 17.4 Å². The van der Waals surface area contributed by atoms with Crippen LogP contribution in [0.25, 0.3) is 0 Å². The van der Waals surface area contributed by atoms with Crippen LogP contribution >= 0.6 is 23.2 Å². The third kappa shape index (κ3) is 7.68. The first-order valence-corrected chi connectivity index (χ1v) is 8.50. The normalized spacial score (nSPS) is 10.6. The first kappa shape index (κ1) is 18.2. The molecular weight excluding hydrogens is 307 g/mol. The molecule has 0 aliphatic carbocycles. The molecule has 0 aliphatic heterocycles. The predicted octanol–water partition coefficient (Wildman–Crippen LogP) is 5.26. The molecule has 0 atom stereocenters. The summed E-state index contributed by atoms with van der Waals surface area (Å²) in [7, 11) is 0. The Bertz CT molecular complexity index is 438. The first-order valence-electron chi connectivity index (χ1n) is 7.74. The first-order chi connectivity index (χ1) is 10.1. The molecular formula is C16H24Cl2N2O. The number of hydrogen-bond donors (Lipinski definition) is 1. The summed E-state index contributed by atoms with van der Waals surface area (Å²) in [5.74, 6) is -0.188. The van der Waals surface area contributed by atoms with E-state index in [1.807, 2.05) is 0 Å². The molecule has 3 nitrogen and oxygen atoms in total. The van der Waals surface area contributed by atoms with Crippen molar-refractivity contribution in [2.45, 2.75) is 58.3 Å². The molecule has 1 aromatic heterocycles. The number of unbranched alkanes of at least 4 members (excludes halogenated alkanes) is 7. The number of pyridine rings is 1. The molecule has 0 saturated carbocycles. The largest absolute Gasteiger partial charge is 0.352 e. The van der Waals surface area contributed by atoms with Crippen molar-refractivity contribution in [2.24, 2.45) is 0 Å². The Morgan fingerprint density at radius 1 is 1.10 bits per heavy atom. The van der Waals surface area contributed by atoms with Crippen molar-refractivity contribution in [2.75, 3.05) is 6.54 Å². The number of nitrogens with zero attached hydrogens (tertiary/aromatic N) is 1. The zero-order valence-corrected chi connectivity index (χ0v) is 14.1. The zero-order valence-electron chi connectivity index (χ0n) is 12.6. The highest BCUT2D eigenvalue weighted by Gasteiger charge is 2.10. The number of carbonyl (C=O) groups is 1. The van der Waals surface area contributed by atoms with E-state index in [2.05, 4.69) is 17.2 Å². The lowest BCUT2D eigenvalue weighted by Gasteiger charge is -2.07. The second-order valence-corrected chi connectivity index (χ2v) is 6.01. The van der Waals surface area contributed by atoms with E-state index in [1.165, 1.54) is 50.8 Å². The minimum atomic E-state index is -0.188. The van der Waals surface area contributed by atoms with Gasteiger partial charge < -0.3 is 5.32 Å². The van der Waals surface area contributed by atoms with Gasteiger partial charge in [-0.2, -0.15) is 0 Å². The zero-order chi connectivity index (χ0) is 15.5. The van der Waals surface area contributed by atoms with Crippen molar-refractivity contribution in [1.29, 1.82) is 0 Å². The van der Waals surface area contributed by atoms with Gasteiger partial charge in [0.05, 0.1) is 10.6 Å². The van der Waals surface area contributed by atoms with Gasteiger partial charge in [0.2, 0.25) is 0 Å². The number of aromatic nitrogens is 1. The van der Waals surface area contributed by atoms with Crippen LogP contribution < -0.4 is 5.32 Å². The Morgan fingerprint density at radius 3 is 2.38 bits per heavy atom. The molecule has 0 radical (unpaired) electrons. The molecule has 21 heavy (non-hydrogen) atoms. The molecule has 5 heteroatoms. The maximum Gasteiger partial charge on any atom is 0.252 e. The molecule has 0 aliphatic rings. The summed E-state index contributed by atoms with van der Waals surface area (Å²) < 4.78 is 0. The van der Waals surface area contributed by atoms with Crippen molar-refractivity contribution in [3.05, 3.63) is 28.0 Å². The molecule has 1 aromatic rings. The summed E-state index contributed by atoms with van der Waals surface area (Å²) in [5, 5.41) is 3.47. The predicted molar refractivity (Wildman–Crippen MR) is 89.2 cm³/mol. The summed E-state index contributed by atoms with van der Waals surface area (Å²) in [4.78, 5) is 15.8. The van der Waals surface area contributed by atoms with E-state index in [-0.39, 0.29) is 11.1 Å². The minimum absolute atomic E-state index is 0.188. The van der Waals surface area contributed by atoms with Crippen LogP contribution in [0.1, 0.15) is 68.6 Å². The smallest absolute Gasteiger partial charge is 0.252 e. The Morgan fingerprint density at radius 2 is 1.71 bits per heavy atom. The molecule has 0 spiro atoms. The van der Waals surface area contributed by atoms with Gasteiger partial charge in [-0.15, -0.1) is 0 Å². The molecule has 1 N–H and O–H groups in total. The second-order valence-electron chi connectivity index (χ2n) is 5.22. The van der Waals surface area contributed by atoms with E-state index in [4.69, 9.17) is 23.2 Å². The number of nitrogens with one attached hydrogen (secondary N) is 1. The van der Waals surface area contributed by atoms with Crippen LogP contribution in [0.5, 0.6) is 0 Å². The van der Waals surface area contributed by atoms with Crippen molar-refractivity contribution in [3.63, 3.8) is 0 Å². The Hall–Kier alpha value is -0.800. The summed E-state index contributed by atoms with van der Waals surface area (Å²) in [6.07, 6.45) is 11.4. The van der Waals surface area contributed by atoms with E-state index >= 15 is 0 Å². The fraction of sp³-hybridized carbons (Fsp3) is 0.625. The van der Waals surface area contributed by atoms with Crippen molar-refractivity contribution < 1.29 is 4.79 Å². The lowest BCUT2D eigenvalue weighted by molar-refractivity contribution is 0.0953. The van der Waals surface area contributed by atoms with E-state index in [1.54, 1.807) is 0 Å². The van der Waals surface area contributed by atoms with E-state index < -0.39 is 0 Å². The van der Waals surface area contributed by atoms with Crippen LogP contribution in [-0.2, 0) is 0 Å². The number of amides is 1. The lowest BCUT2D eigenvalue weighted by Crippen LogP contribution is -2.24. The van der Waals surface area contributed by atoms with Crippen LogP contribution in [0, 0.1) is 0 Å². The van der Waals surface area contributed by atoms with Crippen LogP contribution in [0.4, 0.5) is 0 Å². The van der Waals surface area contributed by atoms with Crippen molar-refractivity contribution in [3.8, 4) is 0 Å². The van der Waals surface area contributed by atoms with Crippen LogP contribution in [0.2, 0.25) is 10.2 Å². The average Bonchev–Trinajstić information content (AvgIpc) is 2.48. The third-order valence-corrected chi connectivity index (χ3v) is 3.89. The monoisotopic (exact) mass is 330 g/mol. The molecule has 0 unspecified atom stereocenters. The Labute approximate surface area is 137 Å². The molecule has 0 fully saturated rings. The highest BCUT2D eigenvalue weighted by Crippen LogP contribution is 2.17. The van der Waals surface area contributed by atoms with E-state index in [0.717, 1.165) is 12.8 Å². The number of carbonyl (C=O) groups excluding carboxylic acids is 1. The maximum absolute atomic E-state index is 11.9. The third-order valence-electron chi connectivity index (χ3n) is 3.38. The van der Waals surface area contributed by atoms with Gasteiger partial charge in [0.15, 0.2) is 0 Å². The van der Waals surface area contributed by atoms with Gasteiger partial charge in [-0.1, -0.05) is 75.1 Å². The number of rotatable bonds is 10. The summed E-state index contributed by atoms with van der Waals surface area (Å²) in [6, 6.07) is 1.49. The molecule has 0 saturated heterocycles. The summed E-state index contributed by atoms with van der Waals surface area (Å²) >= 11 is 11.7. The van der Waals surface area contributed by atoms with Gasteiger partial charge in [-0.25, -0.2) is 4.98 Å². The van der Waals surface area contributed by atoms with Crippen LogP contribution in [0.3, 0.4) is 0 Å². The Kier molecular flexibility index (Phi) is 9.44. The molecule has 1 heterocycles. The van der Waals surface area contributed by atoms with Gasteiger partial charge in [-0.05, 0) is 12.5 Å². The number of halogens is 2. The number of hydrogen-bond acceptors (Lipinski definition) is 2. The van der Waals surface area contributed by atoms with Gasteiger partial charge in [0.25, 0.3) is 5.91 Å². The van der Waals surface area contributed by atoms with Gasteiger partial charge >= 0.3 is 0 Å². The van der Waals surface area contributed by atoms with E-state index in [0.29, 0.717) is 17.1 Å². The highest BCUT2D eigenvalue weighted by atomic mass is 35.5. The SMILES string of the molecule is CCCCCCCCCCNC(=O)c1cc(Cl)ncc1Cl. The second kappa shape index (κ2) is 10.9. The van der Waals surface area contributed by atoms with Crippen LogP contribution in [0.15, 0.2) is 12.3 Å². The van der Waals surface area contributed by atoms with Crippen molar-refractivity contribution in [1.82, 2.24) is 10.3 Å². The molecule has 1 amide bonds. The topological polar surface area (TPSA) is 42.0 Å². The quantitative estimate of drug-likeness (QED) is 0.469. The highest BCUT2D eigenvalue weighted by molar-refractivity contribution is 6.35. The molecule has 0 aromatic carbocycles. The van der Waals surface area contributed by atoms with Gasteiger partial charge in [0, 0.05) is 12.7 Å². The standard InChI is InChI=1S/C16H24Cl2N2O/c1-2-3-4-5-6-7-8-9-10-19-16(21)13-11-15(18)20-12-14(13)17/h11-12H,2-10H2,1H3,(H,19,21). The molecule has 118 valence electrons. The summed E-state index contributed by atoms with van der Waals surface area (Å²) in [6.45, 7) is 2.90. The molecule has 0 bridgehead atoms. The fourth-order valence-corrected chi connectivity index (χ4v) is 2.49. The lowest BCUT2D eigenvalue weighted by atomic mass is 10.1. The average molecular weight is 331 g/mol. The van der Waals surface area contributed by atoms with Gasteiger partial charge in [-0.3, -0.25) is 4.79 Å². The van der Waals surface area contributed by atoms with Gasteiger partial charge in [0.1, 0.15) is 5.15 Å². The minimum Gasteiger partial charge on any atom is -0.352 e. The molecule has 1 rings (SSSR count).